The van der Waals surface area contributed by atoms with Crippen molar-refractivity contribution in [3.05, 3.63) is 101 Å². The number of hydrogen-bond acceptors (Lipinski definition) is 5. The van der Waals surface area contributed by atoms with E-state index in [-0.39, 0.29) is 17.6 Å². The number of aromatic nitrogens is 1. The number of pyridine rings is 1. The zero-order valence-electron chi connectivity index (χ0n) is 19.0. The molecule has 2 heterocycles. The first-order valence-corrected chi connectivity index (χ1v) is 11.6. The molecule has 2 N–H and O–H groups in total. The molecule has 3 aromatic carbocycles. The number of hydrogen-bond donors (Lipinski definition) is 2. The summed E-state index contributed by atoms with van der Waals surface area (Å²) in [5.74, 6) is 1.63. The maximum atomic E-state index is 12.8. The van der Waals surface area contributed by atoms with Crippen molar-refractivity contribution in [2.45, 2.75) is 19.3 Å². The van der Waals surface area contributed by atoms with E-state index in [1.165, 1.54) is 0 Å². The van der Waals surface area contributed by atoms with Gasteiger partial charge in [0.2, 0.25) is 0 Å². The summed E-state index contributed by atoms with van der Waals surface area (Å²) in [6.45, 7) is 6.11. The summed E-state index contributed by atoms with van der Waals surface area (Å²) in [6, 6.07) is 19.8. The zero-order chi connectivity index (χ0) is 24.5. The summed E-state index contributed by atoms with van der Waals surface area (Å²) in [7, 11) is 0. The number of allylic oxidation sites excluding steroid dienone is 1. The van der Waals surface area contributed by atoms with Gasteiger partial charge in [0.15, 0.2) is 0 Å². The standard InChI is InChI=1S/C28H23ClN2O4/c1-16-13-27(30-24-6-4-3-5-20(16)24)31-28(33)18-7-9-19(10-8-18)35-26-15-25-22(14-23(26)29)21(17(2)32)11-12-34-25/h3-10,13-15,21,32H,2,11-12H2,1H3,(H,30,31,33). The van der Waals surface area contributed by atoms with Gasteiger partial charge < -0.3 is 19.9 Å². The molecule has 1 aliphatic heterocycles. The third kappa shape index (κ3) is 4.66. The predicted octanol–water partition coefficient (Wildman–Crippen LogP) is 7.18. The minimum absolute atomic E-state index is 0.0854. The lowest BCUT2D eigenvalue weighted by atomic mass is 9.92. The second-order valence-electron chi connectivity index (χ2n) is 8.42. The van der Waals surface area contributed by atoms with Gasteiger partial charge in [0.25, 0.3) is 5.91 Å². The molecule has 0 saturated carbocycles. The van der Waals surface area contributed by atoms with Crippen molar-refractivity contribution in [3.63, 3.8) is 0 Å². The predicted molar refractivity (Wildman–Crippen MR) is 137 cm³/mol. The van der Waals surface area contributed by atoms with Crippen LogP contribution in [0.5, 0.6) is 17.2 Å². The van der Waals surface area contributed by atoms with Crippen molar-refractivity contribution in [2.75, 3.05) is 11.9 Å². The number of carbonyl (C=O) groups excluding carboxylic acids is 1. The smallest absolute Gasteiger partial charge is 0.256 e. The number of rotatable bonds is 5. The number of aliphatic hydroxyl groups excluding tert-OH is 1. The molecule has 1 atom stereocenters. The summed E-state index contributed by atoms with van der Waals surface area (Å²) in [5, 5.41) is 14.2. The molecule has 7 heteroatoms. The number of anilines is 1. The minimum Gasteiger partial charge on any atom is -0.512 e. The number of nitrogens with zero attached hydrogens (tertiary/aromatic N) is 1. The highest BCUT2D eigenvalue weighted by Gasteiger charge is 2.26. The van der Waals surface area contributed by atoms with Gasteiger partial charge in [-0.05, 0) is 61.4 Å². The fourth-order valence-corrected chi connectivity index (χ4v) is 4.43. The lowest BCUT2D eigenvalue weighted by Gasteiger charge is -2.26. The number of para-hydroxylation sites is 1. The molecule has 0 radical (unpaired) electrons. The summed E-state index contributed by atoms with van der Waals surface area (Å²) >= 11 is 6.44. The normalized spacial score (nSPS) is 14.6. The number of nitrogens with one attached hydrogen (secondary N) is 1. The Morgan fingerprint density at radius 1 is 1.17 bits per heavy atom. The molecule has 1 unspecified atom stereocenters. The van der Waals surface area contributed by atoms with Gasteiger partial charge in [-0.3, -0.25) is 4.79 Å². The van der Waals surface area contributed by atoms with E-state index in [9.17, 15) is 9.90 Å². The van der Waals surface area contributed by atoms with Crippen LogP contribution in [0.15, 0.2) is 79.1 Å². The van der Waals surface area contributed by atoms with Gasteiger partial charge in [0.1, 0.15) is 23.1 Å². The van der Waals surface area contributed by atoms with Crippen molar-refractivity contribution in [3.8, 4) is 17.2 Å². The maximum absolute atomic E-state index is 12.8. The average molecular weight is 487 g/mol. The number of benzene rings is 3. The van der Waals surface area contributed by atoms with E-state index in [0.717, 1.165) is 22.0 Å². The van der Waals surface area contributed by atoms with E-state index >= 15 is 0 Å². The van der Waals surface area contributed by atoms with Gasteiger partial charge in [-0.1, -0.05) is 36.4 Å². The van der Waals surface area contributed by atoms with Crippen molar-refractivity contribution in [1.29, 1.82) is 0 Å². The highest BCUT2D eigenvalue weighted by molar-refractivity contribution is 6.32. The van der Waals surface area contributed by atoms with E-state index in [1.54, 1.807) is 36.4 Å². The van der Waals surface area contributed by atoms with Crippen LogP contribution in [0.1, 0.15) is 33.8 Å². The first-order valence-electron chi connectivity index (χ1n) is 11.2. The Labute approximate surface area is 207 Å². The van der Waals surface area contributed by atoms with Gasteiger partial charge in [-0.25, -0.2) is 4.98 Å². The van der Waals surface area contributed by atoms with Gasteiger partial charge >= 0.3 is 0 Å². The lowest BCUT2D eigenvalue weighted by molar-refractivity contribution is 0.102. The van der Waals surface area contributed by atoms with Crippen LogP contribution in [0.2, 0.25) is 5.02 Å². The van der Waals surface area contributed by atoms with E-state index in [2.05, 4.69) is 16.9 Å². The summed E-state index contributed by atoms with van der Waals surface area (Å²) in [6.07, 6.45) is 0.636. The van der Waals surface area contributed by atoms with Crippen LogP contribution in [-0.2, 0) is 0 Å². The molecule has 0 aliphatic carbocycles. The number of aliphatic hydroxyl groups is 1. The number of carbonyl (C=O) groups is 1. The van der Waals surface area contributed by atoms with Crippen LogP contribution in [0.25, 0.3) is 10.9 Å². The van der Waals surface area contributed by atoms with E-state index < -0.39 is 0 Å². The van der Waals surface area contributed by atoms with Crippen molar-refractivity contribution in [1.82, 2.24) is 4.98 Å². The van der Waals surface area contributed by atoms with Crippen LogP contribution >= 0.6 is 11.6 Å². The van der Waals surface area contributed by atoms with Gasteiger partial charge in [0.05, 0.1) is 22.9 Å². The van der Waals surface area contributed by atoms with Crippen molar-refractivity contribution in [2.24, 2.45) is 0 Å². The molecule has 4 aromatic rings. The molecule has 1 aliphatic rings. The molecular formula is C28H23ClN2O4. The number of aryl methyl sites for hydroxylation is 1. The first kappa shape index (κ1) is 22.7. The first-order chi connectivity index (χ1) is 16.9. The molecule has 35 heavy (non-hydrogen) atoms. The molecule has 0 spiro atoms. The molecule has 0 fully saturated rings. The minimum atomic E-state index is -0.269. The molecule has 0 saturated heterocycles. The average Bonchev–Trinajstić information content (AvgIpc) is 2.84. The summed E-state index contributed by atoms with van der Waals surface area (Å²) < 4.78 is 11.7. The summed E-state index contributed by atoms with van der Waals surface area (Å²) in [4.78, 5) is 17.3. The highest BCUT2D eigenvalue weighted by atomic mass is 35.5. The molecule has 1 amide bonds. The fourth-order valence-electron chi connectivity index (χ4n) is 4.22. The monoisotopic (exact) mass is 486 g/mol. The van der Waals surface area contributed by atoms with E-state index in [0.29, 0.717) is 46.7 Å². The Balaban J connectivity index is 1.31. The SMILES string of the molecule is C=C(O)C1CCOc2cc(Oc3ccc(C(=O)Nc4cc(C)c5ccccc5n4)cc3)c(Cl)cc21. The number of halogens is 1. The van der Waals surface area contributed by atoms with Crippen LogP contribution in [0.3, 0.4) is 0 Å². The topological polar surface area (TPSA) is 80.7 Å². The number of fused-ring (bicyclic) bond motifs is 2. The largest absolute Gasteiger partial charge is 0.512 e. The Bertz CT molecular complexity index is 1450. The van der Waals surface area contributed by atoms with Crippen LogP contribution in [0.4, 0.5) is 5.82 Å². The highest BCUT2D eigenvalue weighted by Crippen LogP contribution is 2.43. The van der Waals surface area contributed by atoms with Crippen molar-refractivity contribution < 1.29 is 19.4 Å². The second-order valence-corrected chi connectivity index (χ2v) is 8.83. The lowest BCUT2D eigenvalue weighted by Crippen LogP contribution is -2.15. The number of amides is 1. The molecule has 176 valence electrons. The number of ether oxygens (including phenoxy) is 2. The van der Waals surface area contributed by atoms with E-state index in [1.807, 2.05) is 37.3 Å². The Morgan fingerprint density at radius 3 is 2.71 bits per heavy atom. The second kappa shape index (κ2) is 9.31. The van der Waals surface area contributed by atoms with Crippen molar-refractivity contribution >= 4 is 34.2 Å². The quantitative estimate of drug-likeness (QED) is 0.292. The molecule has 6 nitrogen and oxygen atoms in total. The molecule has 1 aromatic heterocycles. The van der Waals surface area contributed by atoms with Crippen LogP contribution in [0, 0.1) is 6.92 Å². The Kier molecular flexibility index (Phi) is 6.05. The van der Waals surface area contributed by atoms with Gasteiger partial charge in [0, 0.05) is 28.5 Å². The van der Waals surface area contributed by atoms with Gasteiger partial charge in [-0.2, -0.15) is 0 Å². The molecule has 5 rings (SSSR count). The van der Waals surface area contributed by atoms with Crippen LogP contribution in [-0.4, -0.2) is 22.6 Å². The Hall–Kier alpha value is -4.03. The fraction of sp³-hybridized carbons (Fsp3) is 0.143. The zero-order valence-corrected chi connectivity index (χ0v) is 19.8. The molecule has 0 bridgehead atoms. The van der Waals surface area contributed by atoms with E-state index in [4.69, 9.17) is 21.1 Å². The third-order valence-corrected chi connectivity index (χ3v) is 6.31. The third-order valence-electron chi connectivity index (χ3n) is 6.01. The van der Waals surface area contributed by atoms with Crippen LogP contribution < -0.4 is 14.8 Å². The maximum Gasteiger partial charge on any atom is 0.256 e. The van der Waals surface area contributed by atoms with Gasteiger partial charge in [-0.15, -0.1) is 0 Å². The summed E-state index contributed by atoms with van der Waals surface area (Å²) in [5.41, 5.74) is 3.11. The Morgan fingerprint density at radius 2 is 1.94 bits per heavy atom. The molecular weight excluding hydrogens is 464 g/mol.